The maximum Gasteiger partial charge on any atom is 0.261 e. The Kier molecular flexibility index (Phi) is 6.39. The van der Waals surface area contributed by atoms with Crippen LogP contribution < -0.4 is 10.0 Å². The molecule has 5 nitrogen and oxygen atoms in total. The third-order valence-electron chi connectivity index (χ3n) is 3.97. The highest BCUT2D eigenvalue weighted by molar-refractivity contribution is 7.92. The molecule has 3 rings (SSSR count). The lowest BCUT2D eigenvalue weighted by Gasteiger charge is -2.12. The van der Waals surface area contributed by atoms with Gasteiger partial charge in [-0.05, 0) is 55.5 Å². The van der Waals surface area contributed by atoms with Crippen molar-refractivity contribution in [3.05, 3.63) is 86.9 Å². The third-order valence-corrected chi connectivity index (χ3v) is 6.26. The molecule has 1 amide bonds. The monoisotopic (exact) mass is 468 g/mol. The van der Waals surface area contributed by atoms with Crippen LogP contribution in [0.5, 0.6) is 0 Å². The second kappa shape index (κ2) is 8.63. The number of halogens is 3. The minimum Gasteiger partial charge on any atom is -0.321 e. The molecule has 0 aliphatic carbocycles. The Morgan fingerprint density at radius 1 is 0.862 bits per heavy atom. The van der Waals surface area contributed by atoms with Crippen LogP contribution in [0.15, 0.2) is 65.6 Å². The Morgan fingerprint density at radius 3 is 2.21 bits per heavy atom. The van der Waals surface area contributed by atoms with Crippen molar-refractivity contribution in [1.82, 2.24) is 0 Å². The Labute approximate surface area is 183 Å². The van der Waals surface area contributed by atoms with Crippen molar-refractivity contribution < 1.29 is 13.2 Å². The first kappa shape index (κ1) is 21.5. The second-order valence-corrected chi connectivity index (χ2v) is 9.12. The largest absolute Gasteiger partial charge is 0.321 e. The van der Waals surface area contributed by atoms with Crippen LogP contribution in [-0.4, -0.2) is 14.3 Å². The Hall–Kier alpha value is -2.25. The number of carbonyl (C=O) groups excluding carboxylic acids is 1. The molecule has 0 heterocycles. The van der Waals surface area contributed by atoms with Gasteiger partial charge in [-0.3, -0.25) is 9.52 Å². The fraction of sp³-hybridized carbons (Fsp3) is 0.0500. The number of hydrogen-bond acceptors (Lipinski definition) is 3. The molecular formula is C20H15Cl3N2O3S. The molecule has 29 heavy (non-hydrogen) atoms. The number of hydrogen-bond donors (Lipinski definition) is 2. The lowest BCUT2D eigenvalue weighted by molar-refractivity contribution is 0.102. The molecule has 3 aromatic rings. The zero-order chi connectivity index (χ0) is 21.2. The molecule has 9 heteroatoms. The van der Waals surface area contributed by atoms with Crippen molar-refractivity contribution in [3.63, 3.8) is 0 Å². The maximum atomic E-state index is 12.6. The Balaban J connectivity index is 1.87. The fourth-order valence-electron chi connectivity index (χ4n) is 2.48. The zero-order valence-electron chi connectivity index (χ0n) is 15.0. The number of aryl methyl sites for hydroxylation is 1. The topological polar surface area (TPSA) is 75.3 Å². The first-order chi connectivity index (χ1) is 13.7. The van der Waals surface area contributed by atoms with Crippen LogP contribution in [-0.2, 0) is 10.0 Å². The predicted molar refractivity (Wildman–Crippen MR) is 118 cm³/mol. The molecule has 0 aliphatic heterocycles. The van der Waals surface area contributed by atoms with E-state index in [0.29, 0.717) is 15.7 Å². The number of nitrogens with one attached hydrogen (secondary N) is 2. The molecule has 0 bridgehead atoms. The van der Waals surface area contributed by atoms with E-state index in [9.17, 15) is 13.2 Å². The second-order valence-electron chi connectivity index (χ2n) is 6.19. The van der Waals surface area contributed by atoms with Crippen LogP contribution in [0, 0.1) is 6.92 Å². The molecule has 150 valence electrons. The van der Waals surface area contributed by atoms with Crippen molar-refractivity contribution >= 4 is 62.1 Å². The minimum atomic E-state index is -3.82. The van der Waals surface area contributed by atoms with Crippen LogP contribution >= 0.6 is 34.8 Å². The molecule has 0 spiro atoms. The van der Waals surface area contributed by atoms with Crippen molar-refractivity contribution in [2.24, 2.45) is 0 Å². The van der Waals surface area contributed by atoms with Crippen LogP contribution in [0.4, 0.5) is 11.4 Å². The van der Waals surface area contributed by atoms with E-state index in [4.69, 9.17) is 34.8 Å². The summed E-state index contributed by atoms with van der Waals surface area (Å²) in [5, 5.41) is 3.47. The standard InChI is InChI=1S/C20H15Cl3N2O3S/c1-12-2-6-15(7-3-12)29(27,28)25-14-5-9-17(22)16(11-14)20(26)24-19-10-13(21)4-8-18(19)23/h2-11,25H,1H3,(H,24,26). The number of carbonyl (C=O) groups is 1. The molecule has 0 radical (unpaired) electrons. The van der Waals surface area contributed by atoms with Crippen LogP contribution in [0.2, 0.25) is 15.1 Å². The molecule has 0 fully saturated rings. The summed E-state index contributed by atoms with van der Waals surface area (Å²) < 4.78 is 27.6. The number of sulfonamides is 1. The van der Waals surface area contributed by atoms with Crippen LogP contribution in [0.1, 0.15) is 15.9 Å². The summed E-state index contributed by atoms with van der Waals surface area (Å²) in [7, 11) is -3.82. The molecule has 0 atom stereocenters. The lowest BCUT2D eigenvalue weighted by atomic mass is 10.2. The van der Waals surface area contributed by atoms with Crippen molar-refractivity contribution in [3.8, 4) is 0 Å². The number of benzene rings is 3. The van der Waals surface area contributed by atoms with E-state index in [1.54, 1.807) is 24.3 Å². The van der Waals surface area contributed by atoms with Gasteiger partial charge in [0.25, 0.3) is 15.9 Å². The number of rotatable bonds is 5. The van der Waals surface area contributed by atoms with E-state index in [1.807, 2.05) is 6.92 Å². The Morgan fingerprint density at radius 2 is 1.52 bits per heavy atom. The van der Waals surface area contributed by atoms with Gasteiger partial charge in [-0.2, -0.15) is 0 Å². The van der Waals surface area contributed by atoms with E-state index in [-0.39, 0.29) is 21.2 Å². The minimum absolute atomic E-state index is 0.0758. The molecule has 0 aromatic heterocycles. The normalized spacial score (nSPS) is 11.2. The average Bonchev–Trinajstić information content (AvgIpc) is 2.66. The number of amides is 1. The molecule has 2 N–H and O–H groups in total. The van der Waals surface area contributed by atoms with E-state index in [0.717, 1.165) is 5.56 Å². The van der Waals surface area contributed by atoms with E-state index in [1.165, 1.54) is 36.4 Å². The van der Waals surface area contributed by atoms with Gasteiger partial charge in [0, 0.05) is 10.7 Å². The average molecular weight is 470 g/mol. The summed E-state index contributed by atoms with van der Waals surface area (Å²) in [6.45, 7) is 1.86. The van der Waals surface area contributed by atoms with Crippen molar-refractivity contribution in [2.75, 3.05) is 10.0 Å². The quantitative estimate of drug-likeness (QED) is 0.480. The first-order valence-electron chi connectivity index (χ1n) is 8.31. The van der Waals surface area contributed by atoms with Gasteiger partial charge in [0.15, 0.2) is 0 Å². The van der Waals surface area contributed by atoms with E-state index in [2.05, 4.69) is 10.0 Å². The summed E-state index contributed by atoms with van der Waals surface area (Å²) in [4.78, 5) is 12.8. The Bertz CT molecular complexity index is 1180. The van der Waals surface area contributed by atoms with E-state index >= 15 is 0 Å². The van der Waals surface area contributed by atoms with E-state index < -0.39 is 15.9 Å². The molecule has 0 aliphatic rings. The summed E-state index contributed by atoms with van der Waals surface area (Å²) in [5.41, 5.74) is 1.52. The lowest BCUT2D eigenvalue weighted by Crippen LogP contribution is -2.16. The molecule has 0 saturated carbocycles. The summed E-state index contributed by atoms with van der Waals surface area (Å²) >= 11 is 18.1. The van der Waals surface area contributed by atoms with Gasteiger partial charge in [0.05, 0.1) is 26.2 Å². The summed E-state index contributed by atoms with van der Waals surface area (Å²) in [6, 6.07) is 15.3. The highest BCUT2D eigenvalue weighted by Crippen LogP contribution is 2.28. The van der Waals surface area contributed by atoms with Gasteiger partial charge in [-0.15, -0.1) is 0 Å². The third kappa shape index (κ3) is 5.22. The van der Waals surface area contributed by atoms with Gasteiger partial charge in [0.1, 0.15) is 0 Å². The predicted octanol–water partition coefficient (Wildman–Crippen LogP) is 6.01. The smallest absolute Gasteiger partial charge is 0.261 e. The highest BCUT2D eigenvalue weighted by Gasteiger charge is 2.17. The summed E-state index contributed by atoms with van der Waals surface area (Å²) in [6.07, 6.45) is 0. The SMILES string of the molecule is Cc1ccc(S(=O)(=O)Nc2ccc(Cl)c(C(=O)Nc3cc(Cl)ccc3Cl)c2)cc1. The van der Waals surface area contributed by atoms with Crippen LogP contribution in [0.25, 0.3) is 0 Å². The molecule has 3 aromatic carbocycles. The zero-order valence-corrected chi connectivity index (χ0v) is 18.1. The highest BCUT2D eigenvalue weighted by atomic mass is 35.5. The fourth-order valence-corrected chi connectivity index (χ4v) is 4.07. The number of anilines is 2. The summed E-state index contributed by atoms with van der Waals surface area (Å²) in [5.74, 6) is -0.560. The van der Waals surface area contributed by atoms with Gasteiger partial charge in [-0.25, -0.2) is 8.42 Å². The molecule has 0 saturated heterocycles. The van der Waals surface area contributed by atoms with Gasteiger partial charge in [0.2, 0.25) is 0 Å². The van der Waals surface area contributed by atoms with Crippen LogP contribution in [0.3, 0.4) is 0 Å². The van der Waals surface area contributed by atoms with Gasteiger partial charge < -0.3 is 5.32 Å². The van der Waals surface area contributed by atoms with Gasteiger partial charge >= 0.3 is 0 Å². The van der Waals surface area contributed by atoms with Crippen molar-refractivity contribution in [2.45, 2.75) is 11.8 Å². The van der Waals surface area contributed by atoms with Crippen molar-refractivity contribution in [1.29, 1.82) is 0 Å². The molecule has 0 unspecified atom stereocenters. The first-order valence-corrected chi connectivity index (χ1v) is 10.9. The van der Waals surface area contributed by atoms with Gasteiger partial charge in [-0.1, -0.05) is 52.5 Å². The molecular weight excluding hydrogens is 455 g/mol. The maximum absolute atomic E-state index is 12.6.